The summed E-state index contributed by atoms with van der Waals surface area (Å²) in [5.41, 5.74) is 1.63. The molecule has 0 radical (unpaired) electrons. The Labute approximate surface area is 134 Å². The average Bonchev–Trinajstić information content (AvgIpc) is 2.77. The molecule has 0 amide bonds. The topological polar surface area (TPSA) is 37.3 Å². The van der Waals surface area contributed by atoms with E-state index in [-0.39, 0.29) is 17.3 Å². The Morgan fingerprint density at radius 3 is 2.68 bits per heavy atom. The zero-order valence-corrected chi connectivity index (χ0v) is 14.3. The molecule has 0 aromatic carbocycles. The van der Waals surface area contributed by atoms with Gasteiger partial charge in [0.2, 0.25) is 0 Å². The normalized spacial score (nSPS) is 54.3. The third-order valence-electron chi connectivity index (χ3n) is 8.45. The van der Waals surface area contributed by atoms with Crippen molar-refractivity contribution < 1.29 is 9.90 Å². The van der Waals surface area contributed by atoms with Gasteiger partial charge in [-0.25, -0.2) is 0 Å². The lowest BCUT2D eigenvalue weighted by Gasteiger charge is -2.59. The van der Waals surface area contributed by atoms with Gasteiger partial charge < -0.3 is 5.11 Å². The highest BCUT2D eigenvalue weighted by molar-refractivity contribution is 5.91. The van der Waals surface area contributed by atoms with E-state index >= 15 is 0 Å². The monoisotopic (exact) mass is 302 g/mol. The van der Waals surface area contributed by atoms with Gasteiger partial charge in [0.15, 0.2) is 5.78 Å². The fraction of sp³-hybridized carbons (Fsp3) is 0.850. The Morgan fingerprint density at radius 1 is 1.14 bits per heavy atom. The van der Waals surface area contributed by atoms with Crippen molar-refractivity contribution in [3.8, 4) is 0 Å². The lowest BCUT2D eigenvalue weighted by Crippen LogP contribution is -2.53. The summed E-state index contributed by atoms with van der Waals surface area (Å²) >= 11 is 0. The summed E-state index contributed by atoms with van der Waals surface area (Å²) in [5.74, 6) is 3.17. The number of aliphatic hydroxyl groups is 1. The van der Waals surface area contributed by atoms with Crippen LogP contribution < -0.4 is 0 Å². The van der Waals surface area contributed by atoms with Crippen LogP contribution in [0, 0.1) is 34.5 Å². The first-order chi connectivity index (χ1) is 10.4. The summed E-state index contributed by atoms with van der Waals surface area (Å²) < 4.78 is 0. The molecular formula is C20H30O2. The smallest absolute Gasteiger partial charge is 0.155 e. The van der Waals surface area contributed by atoms with Crippen LogP contribution in [0.5, 0.6) is 0 Å². The van der Waals surface area contributed by atoms with Gasteiger partial charge in [-0.1, -0.05) is 20.8 Å². The Kier molecular flexibility index (Phi) is 3.18. The highest BCUT2D eigenvalue weighted by Gasteiger charge is 2.59. The van der Waals surface area contributed by atoms with Gasteiger partial charge in [-0.3, -0.25) is 4.79 Å². The van der Waals surface area contributed by atoms with Crippen LogP contribution in [-0.2, 0) is 4.79 Å². The van der Waals surface area contributed by atoms with Gasteiger partial charge in [-0.15, -0.1) is 0 Å². The van der Waals surface area contributed by atoms with Crippen molar-refractivity contribution in [2.24, 2.45) is 34.5 Å². The summed E-state index contributed by atoms with van der Waals surface area (Å²) in [6, 6.07) is 0. The quantitative estimate of drug-likeness (QED) is 0.730. The van der Waals surface area contributed by atoms with Gasteiger partial charge in [0, 0.05) is 6.42 Å². The zero-order chi connectivity index (χ0) is 15.7. The maximum atomic E-state index is 11.9. The van der Waals surface area contributed by atoms with Gasteiger partial charge in [0.25, 0.3) is 0 Å². The van der Waals surface area contributed by atoms with Gasteiger partial charge in [-0.2, -0.15) is 0 Å². The highest BCUT2D eigenvalue weighted by atomic mass is 16.3. The molecule has 4 rings (SSSR count). The minimum Gasteiger partial charge on any atom is -0.389 e. The molecule has 0 heterocycles. The predicted molar refractivity (Wildman–Crippen MR) is 87.3 cm³/mol. The molecule has 0 aliphatic heterocycles. The fourth-order valence-corrected chi connectivity index (χ4v) is 6.87. The van der Waals surface area contributed by atoms with Gasteiger partial charge in [0.05, 0.1) is 6.10 Å². The van der Waals surface area contributed by atoms with Crippen molar-refractivity contribution in [1.82, 2.24) is 0 Å². The maximum Gasteiger partial charge on any atom is 0.155 e. The van der Waals surface area contributed by atoms with Crippen LogP contribution in [0.1, 0.15) is 65.7 Å². The minimum absolute atomic E-state index is 0.0728. The molecule has 0 aromatic heterocycles. The largest absolute Gasteiger partial charge is 0.389 e. The van der Waals surface area contributed by atoms with E-state index in [1.54, 1.807) is 6.08 Å². The molecule has 4 aliphatic rings. The number of ketones is 1. The van der Waals surface area contributed by atoms with E-state index in [0.717, 1.165) is 30.3 Å². The number of aliphatic hydroxyl groups excluding tert-OH is 1. The molecule has 5 unspecified atom stereocenters. The summed E-state index contributed by atoms with van der Waals surface area (Å²) in [6.07, 6.45) is 9.28. The summed E-state index contributed by atoms with van der Waals surface area (Å²) in [4.78, 5) is 11.9. The second kappa shape index (κ2) is 4.69. The third-order valence-corrected chi connectivity index (χ3v) is 8.45. The Morgan fingerprint density at radius 2 is 1.91 bits per heavy atom. The molecule has 4 aliphatic carbocycles. The third kappa shape index (κ3) is 1.79. The van der Waals surface area contributed by atoms with E-state index in [1.165, 1.54) is 25.7 Å². The number of rotatable bonds is 0. The van der Waals surface area contributed by atoms with Crippen LogP contribution in [0.3, 0.4) is 0 Å². The molecule has 3 saturated carbocycles. The van der Waals surface area contributed by atoms with Crippen LogP contribution in [0.15, 0.2) is 11.6 Å². The number of hydrogen-bond acceptors (Lipinski definition) is 2. The summed E-state index contributed by atoms with van der Waals surface area (Å²) in [6.45, 7) is 7.29. The lowest BCUT2D eigenvalue weighted by molar-refractivity contribution is -0.119. The summed E-state index contributed by atoms with van der Waals surface area (Å²) in [7, 11) is 0. The van der Waals surface area contributed by atoms with E-state index in [4.69, 9.17) is 0 Å². The molecule has 2 heteroatoms. The molecular weight excluding hydrogens is 272 g/mol. The average molecular weight is 302 g/mol. The first-order valence-corrected chi connectivity index (χ1v) is 9.29. The molecule has 0 aromatic rings. The van der Waals surface area contributed by atoms with E-state index < -0.39 is 0 Å². The Balaban J connectivity index is 1.73. The van der Waals surface area contributed by atoms with E-state index in [1.807, 2.05) is 0 Å². The van der Waals surface area contributed by atoms with E-state index in [9.17, 15) is 9.90 Å². The second-order valence-electron chi connectivity index (χ2n) is 9.13. The van der Waals surface area contributed by atoms with Crippen molar-refractivity contribution in [3.63, 3.8) is 0 Å². The summed E-state index contributed by atoms with van der Waals surface area (Å²) in [5, 5.41) is 10.8. The first kappa shape index (κ1) is 14.9. The van der Waals surface area contributed by atoms with Crippen molar-refractivity contribution in [3.05, 3.63) is 11.6 Å². The number of carbonyl (C=O) groups is 1. The maximum absolute atomic E-state index is 11.9. The fourth-order valence-electron chi connectivity index (χ4n) is 6.87. The lowest BCUT2D eigenvalue weighted by atomic mass is 9.46. The minimum atomic E-state index is -0.381. The predicted octanol–water partition coefficient (Wildman–Crippen LogP) is 4.13. The van der Waals surface area contributed by atoms with Crippen molar-refractivity contribution in [1.29, 1.82) is 0 Å². The first-order valence-electron chi connectivity index (χ1n) is 9.29. The van der Waals surface area contributed by atoms with Crippen molar-refractivity contribution in [2.75, 3.05) is 0 Å². The van der Waals surface area contributed by atoms with E-state index in [2.05, 4.69) is 20.8 Å². The molecule has 3 fully saturated rings. The molecule has 2 nitrogen and oxygen atoms in total. The van der Waals surface area contributed by atoms with Crippen LogP contribution in [0.4, 0.5) is 0 Å². The van der Waals surface area contributed by atoms with Crippen molar-refractivity contribution in [2.45, 2.75) is 71.8 Å². The molecule has 0 bridgehead atoms. The zero-order valence-electron chi connectivity index (χ0n) is 14.3. The van der Waals surface area contributed by atoms with Gasteiger partial charge in [-0.05, 0) is 84.7 Å². The molecule has 7 atom stereocenters. The number of carbonyl (C=O) groups excluding carboxylic acids is 1. The van der Waals surface area contributed by atoms with Crippen LogP contribution in [0.25, 0.3) is 0 Å². The SMILES string of the molecule is C[C@H]1CCC2C3CC(O)C4=CC(=O)CC[C@]4(C)C3CCC21C. The van der Waals surface area contributed by atoms with Crippen LogP contribution >= 0.6 is 0 Å². The molecule has 22 heavy (non-hydrogen) atoms. The highest BCUT2D eigenvalue weighted by Crippen LogP contribution is 2.66. The molecule has 0 saturated heterocycles. The van der Waals surface area contributed by atoms with Gasteiger partial charge >= 0.3 is 0 Å². The Bertz CT molecular complexity index is 536. The van der Waals surface area contributed by atoms with Crippen LogP contribution in [0.2, 0.25) is 0 Å². The number of hydrogen-bond donors (Lipinski definition) is 1. The molecule has 0 spiro atoms. The number of fused-ring (bicyclic) bond motifs is 5. The van der Waals surface area contributed by atoms with Gasteiger partial charge in [0.1, 0.15) is 0 Å². The Hall–Kier alpha value is -0.630. The molecule has 1 N–H and O–H groups in total. The molecule has 122 valence electrons. The van der Waals surface area contributed by atoms with E-state index in [0.29, 0.717) is 23.7 Å². The second-order valence-corrected chi connectivity index (χ2v) is 9.13. The van der Waals surface area contributed by atoms with Crippen molar-refractivity contribution >= 4 is 5.78 Å². The standard InChI is InChI=1S/C20H30O2/c1-12-4-5-15-14-11-18(22)17-10-13(21)6-8-20(17,3)16(14)7-9-19(12,15)2/h10,12,14-16,18,22H,4-9,11H2,1-3H3/t12-,14?,15?,16?,18?,19?,20+/m0/s1. The van der Waals surface area contributed by atoms with Crippen LogP contribution in [-0.4, -0.2) is 17.0 Å².